The smallest absolute Gasteiger partial charge is 1.00 e. The Morgan fingerprint density at radius 2 is 1.20 bits per heavy atom. The Morgan fingerprint density at radius 1 is 1.20 bits per heavy atom. The van der Waals surface area contributed by atoms with Gasteiger partial charge in [0.05, 0.1) is 0 Å². The van der Waals surface area contributed by atoms with Crippen LogP contribution in [-0.2, 0) is 0 Å². The first-order valence-corrected chi connectivity index (χ1v) is 2.93. The van der Waals surface area contributed by atoms with Crippen LogP contribution in [0.1, 0.15) is 0 Å². The first-order valence-electron chi connectivity index (χ1n) is 0.436. The first kappa shape index (κ1) is 15.7. The molecule has 0 saturated heterocycles. The van der Waals surface area contributed by atoms with Crippen molar-refractivity contribution in [3.63, 3.8) is 0 Å². The standard InChI is InChI=1S/CHI2.HI.Mg/c2-1-3;;/h1H;1H;/q-1;;+2/p-1. The van der Waals surface area contributed by atoms with Gasteiger partial charge >= 0.3 is 23.1 Å². The number of halogens is 3. The summed E-state index contributed by atoms with van der Waals surface area (Å²) in [6.45, 7) is 0. The van der Waals surface area contributed by atoms with Gasteiger partial charge in [0.1, 0.15) is 0 Å². The largest absolute Gasteiger partial charge is 2.00 e. The molecule has 0 fully saturated rings. The summed E-state index contributed by atoms with van der Waals surface area (Å²) in [5.41, 5.74) is 0. The minimum Gasteiger partial charge on any atom is -1.00 e. The molecule has 0 unspecified atom stereocenters. The Morgan fingerprint density at radius 3 is 1.20 bits per heavy atom. The van der Waals surface area contributed by atoms with E-state index in [0.29, 0.717) is 0 Å². The second-order valence-electron chi connectivity index (χ2n) is 0.0825. The topological polar surface area (TPSA) is 0 Å². The van der Waals surface area contributed by atoms with Crippen LogP contribution in [0, 0.1) is 2.43 Å². The average Bonchev–Trinajstić information content (AvgIpc) is 0.918. The van der Waals surface area contributed by atoms with E-state index in [1.807, 2.05) is 2.43 Å². The van der Waals surface area contributed by atoms with E-state index in [-0.39, 0.29) is 47.0 Å². The summed E-state index contributed by atoms with van der Waals surface area (Å²) in [5.74, 6) is 0. The van der Waals surface area contributed by atoms with Crippen molar-refractivity contribution in [2.45, 2.75) is 0 Å². The van der Waals surface area contributed by atoms with E-state index in [4.69, 9.17) is 0 Å². The van der Waals surface area contributed by atoms with Crippen LogP contribution >= 0.6 is 45.2 Å². The van der Waals surface area contributed by atoms with E-state index in [9.17, 15) is 0 Å². The quantitative estimate of drug-likeness (QED) is 0.258. The van der Waals surface area contributed by atoms with Gasteiger partial charge in [-0.2, -0.15) is 0 Å². The summed E-state index contributed by atoms with van der Waals surface area (Å²) in [6, 6.07) is 0. The number of hydrogen-bond acceptors (Lipinski definition) is 0. The minimum atomic E-state index is 0. The second-order valence-corrected chi connectivity index (χ2v) is 3.71. The SMILES string of the molecule is I[CH-]I.[I-].[Mg+2]. The Labute approximate surface area is 92.7 Å². The van der Waals surface area contributed by atoms with E-state index in [1.54, 1.807) is 0 Å². The monoisotopic (exact) mass is 418 g/mol. The van der Waals surface area contributed by atoms with Gasteiger partial charge in [-0.15, -0.1) is 0 Å². The zero-order valence-corrected chi connectivity index (χ0v) is 10.3. The van der Waals surface area contributed by atoms with Crippen molar-refractivity contribution in [3.8, 4) is 0 Å². The van der Waals surface area contributed by atoms with Gasteiger partial charge < -0.3 is 69.2 Å². The van der Waals surface area contributed by atoms with Gasteiger partial charge in [-0.1, -0.05) is 0 Å². The van der Waals surface area contributed by atoms with E-state index < -0.39 is 0 Å². The average molecular weight is 418 g/mol. The molecular formula is CHI3Mg. The summed E-state index contributed by atoms with van der Waals surface area (Å²) in [5, 5.41) is 0. The number of hydrogen-bond donors (Lipinski definition) is 0. The third-order valence-electron chi connectivity index (χ3n) is 0. The van der Waals surface area contributed by atoms with Gasteiger partial charge in [-0.05, 0) is 0 Å². The molecule has 0 bridgehead atoms. The Bertz CT molecular complexity index is 6.85. The molecule has 0 nitrogen and oxygen atoms in total. The molecule has 0 spiro atoms. The molecule has 0 heterocycles. The van der Waals surface area contributed by atoms with Gasteiger partial charge in [-0.3, -0.25) is 0 Å². The molecule has 0 aliphatic heterocycles. The third kappa shape index (κ3) is 19.6. The van der Waals surface area contributed by atoms with Crippen molar-refractivity contribution in [2.24, 2.45) is 0 Å². The molecule has 4 heteroatoms. The zero-order valence-electron chi connectivity index (χ0n) is 2.42. The van der Waals surface area contributed by atoms with Crippen molar-refractivity contribution in [1.82, 2.24) is 0 Å². The molecule has 0 rings (SSSR count). The van der Waals surface area contributed by atoms with Crippen molar-refractivity contribution in [1.29, 1.82) is 0 Å². The molecule has 5 heavy (non-hydrogen) atoms. The van der Waals surface area contributed by atoms with Crippen molar-refractivity contribution >= 4 is 68.2 Å². The van der Waals surface area contributed by atoms with Crippen LogP contribution < -0.4 is 24.0 Å². The minimum absolute atomic E-state index is 0. The zero-order chi connectivity index (χ0) is 2.71. The number of rotatable bonds is 0. The van der Waals surface area contributed by atoms with Gasteiger partial charge in [0.2, 0.25) is 0 Å². The molecule has 0 aliphatic carbocycles. The summed E-state index contributed by atoms with van der Waals surface area (Å²) in [7, 11) is 0. The normalized spacial score (nSPS) is 3.60. The van der Waals surface area contributed by atoms with Crippen LogP contribution in [0.2, 0.25) is 0 Å². The Balaban J connectivity index is -0.0000000200. The first-order chi connectivity index (χ1) is 1.41. The van der Waals surface area contributed by atoms with Crippen LogP contribution in [0.25, 0.3) is 0 Å². The van der Waals surface area contributed by atoms with Crippen LogP contribution in [0.5, 0.6) is 0 Å². The molecule has 0 aromatic heterocycles. The van der Waals surface area contributed by atoms with Crippen molar-refractivity contribution < 1.29 is 24.0 Å². The van der Waals surface area contributed by atoms with E-state index in [2.05, 4.69) is 45.2 Å². The summed E-state index contributed by atoms with van der Waals surface area (Å²) in [4.78, 5) is 0. The van der Waals surface area contributed by atoms with Crippen LogP contribution in [0.4, 0.5) is 0 Å². The Hall–Kier alpha value is 2.96. The fourth-order valence-corrected chi connectivity index (χ4v) is 0. The van der Waals surface area contributed by atoms with E-state index in [0.717, 1.165) is 0 Å². The molecule has 0 amide bonds. The third-order valence-corrected chi connectivity index (χ3v) is 0. The molecule has 28 valence electrons. The maximum Gasteiger partial charge on any atom is 2.00 e. The van der Waals surface area contributed by atoms with Crippen molar-refractivity contribution in [3.05, 3.63) is 2.43 Å². The Kier molecular flexibility index (Phi) is 49.4. The molecule has 0 aromatic rings. The molecule has 0 radical (unpaired) electrons. The fraction of sp³-hybridized carbons (Fsp3) is 0. The van der Waals surface area contributed by atoms with Crippen LogP contribution in [0.15, 0.2) is 0 Å². The maximum absolute atomic E-state index is 2.15. The molecule has 0 saturated carbocycles. The summed E-state index contributed by atoms with van der Waals surface area (Å²) < 4.78 is 1.94. The predicted octanol–water partition coefficient (Wildman–Crippen LogP) is -1.40. The molecular weight excluding hydrogens is 417 g/mol. The molecule has 0 atom stereocenters. The van der Waals surface area contributed by atoms with E-state index >= 15 is 0 Å². The molecule has 0 N–H and O–H groups in total. The second kappa shape index (κ2) is 15.8. The predicted molar refractivity (Wildman–Crippen MR) is 38.1 cm³/mol. The fourth-order valence-electron chi connectivity index (χ4n) is 0. The maximum atomic E-state index is 2.15. The van der Waals surface area contributed by atoms with Gasteiger partial charge in [-0.25, -0.2) is 2.43 Å². The van der Waals surface area contributed by atoms with Crippen LogP contribution in [0.3, 0.4) is 0 Å². The summed E-state index contributed by atoms with van der Waals surface area (Å²) in [6.07, 6.45) is 0. The van der Waals surface area contributed by atoms with Gasteiger partial charge in [0.15, 0.2) is 0 Å². The van der Waals surface area contributed by atoms with Gasteiger partial charge in [0, 0.05) is 0 Å². The van der Waals surface area contributed by atoms with E-state index in [1.165, 1.54) is 0 Å². The molecule has 0 aliphatic rings. The van der Waals surface area contributed by atoms with Crippen molar-refractivity contribution in [2.75, 3.05) is 0 Å². The van der Waals surface area contributed by atoms with Gasteiger partial charge in [0.25, 0.3) is 0 Å². The van der Waals surface area contributed by atoms with Crippen LogP contribution in [-0.4, -0.2) is 23.1 Å². The molecule has 0 aromatic carbocycles. The summed E-state index contributed by atoms with van der Waals surface area (Å²) >= 11 is 4.30.